The first-order valence-corrected chi connectivity index (χ1v) is 4.89. The van der Waals surface area contributed by atoms with E-state index in [4.69, 9.17) is 4.55 Å². The zero-order valence-electron chi connectivity index (χ0n) is 6.60. The molecule has 0 aromatic heterocycles. The molecule has 0 aliphatic carbocycles. The van der Waals surface area contributed by atoms with Gasteiger partial charge in [0, 0.05) is 6.42 Å². The van der Waals surface area contributed by atoms with Crippen LogP contribution in [-0.4, -0.2) is 19.3 Å². The Hall–Kier alpha value is -1.20. The van der Waals surface area contributed by atoms with Gasteiger partial charge in [-0.2, -0.15) is 8.42 Å². The third-order valence-corrected chi connectivity index (χ3v) is 2.32. The average molecular weight is 199 g/mol. The lowest BCUT2D eigenvalue weighted by molar-refractivity contribution is 0.483. The molecule has 1 aromatic carbocycles. The average Bonchev–Trinajstić information content (AvgIpc) is 2.04. The van der Waals surface area contributed by atoms with Crippen LogP contribution in [0.4, 0.5) is 0 Å². The zero-order valence-corrected chi connectivity index (χ0v) is 7.41. The van der Waals surface area contributed by atoms with Crippen molar-refractivity contribution >= 4 is 16.4 Å². The minimum absolute atomic E-state index is 0.0172. The summed E-state index contributed by atoms with van der Waals surface area (Å²) >= 11 is 0. The molecule has 0 saturated carbocycles. The van der Waals surface area contributed by atoms with Crippen LogP contribution in [0.5, 0.6) is 0 Å². The summed E-state index contributed by atoms with van der Waals surface area (Å²) in [6.45, 7) is 0. The first-order valence-electron chi connectivity index (χ1n) is 3.45. The maximum atomic E-state index is 10.6. The maximum absolute atomic E-state index is 10.6. The van der Waals surface area contributed by atoms with Crippen LogP contribution in [0, 0.1) is 0 Å². The van der Waals surface area contributed by atoms with Crippen LogP contribution in [0.15, 0.2) is 29.2 Å². The van der Waals surface area contributed by atoms with Gasteiger partial charge in [0.25, 0.3) is 10.1 Å². The molecule has 5 heteroatoms. The van der Waals surface area contributed by atoms with Gasteiger partial charge >= 0.3 is 0 Å². The molecule has 0 aliphatic heterocycles. The molecule has 13 heavy (non-hydrogen) atoms. The van der Waals surface area contributed by atoms with E-state index in [0.29, 0.717) is 5.56 Å². The molecule has 1 radical (unpaired) electrons. The van der Waals surface area contributed by atoms with Gasteiger partial charge in [0.2, 0.25) is 6.29 Å². The Labute approximate surface area is 76.0 Å². The fourth-order valence-corrected chi connectivity index (χ4v) is 1.45. The van der Waals surface area contributed by atoms with Gasteiger partial charge in [-0.1, -0.05) is 12.1 Å². The summed E-state index contributed by atoms with van der Waals surface area (Å²) in [5.41, 5.74) is 0.505. The van der Waals surface area contributed by atoms with Crippen molar-refractivity contribution in [1.29, 1.82) is 0 Å². The number of hydrogen-bond donors (Lipinski definition) is 1. The molecule has 1 N–H and O–H groups in total. The van der Waals surface area contributed by atoms with Gasteiger partial charge in [-0.25, -0.2) is 0 Å². The topological polar surface area (TPSA) is 71.4 Å². The number of carbonyl (C=O) groups excluding carboxylic acids is 1. The van der Waals surface area contributed by atoms with Crippen molar-refractivity contribution < 1.29 is 17.8 Å². The van der Waals surface area contributed by atoms with Gasteiger partial charge in [-0.05, 0) is 17.7 Å². The van der Waals surface area contributed by atoms with E-state index in [1.54, 1.807) is 12.4 Å². The summed E-state index contributed by atoms with van der Waals surface area (Å²) in [5, 5.41) is 0. The van der Waals surface area contributed by atoms with Crippen LogP contribution >= 0.6 is 0 Å². The summed E-state index contributed by atoms with van der Waals surface area (Å²) < 4.78 is 29.9. The second-order valence-corrected chi connectivity index (χ2v) is 3.87. The van der Waals surface area contributed by atoms with Gasteiger partial charge in [0.1, 0.15) is 0 Å². The molecule has 0 saturated heterocycles. The zero-order chi connectivity index (χ0) is 9.90. The quantitative estimate of drug-likeness (QED) is 0.723. The molecule has 69 valence electrons. The minimum atomic E-state index is -4.17. The molecule has 0 spiro atoms. The van der Waals surface area contributed by atoms with E-state index in [2.05, 4.69) is 0 Å². The fraction of sp³-hybridized carbons (Fsp3) is 0.125. The van der Waals surface area contributed by atoms with Gasteiger partial charge in [0.05, 0.1) is 4.90 Å². The first kappa shape index (κ1) is 9.88. The van der Waals surface area contributed by atoms with E-state index >= 15 is 0 Å². The number of hydrogen-bond acceptors (Lipinski definition) is 3. The van der Waals surface area contributed by atoms with Crippen LogP contribution in [0.3, 0.4) is 0 Å². The largest absolute Gasteiger partial charge is 0.294 e. The third kappa shape index (κ3) is 2.64. The minimum Gasteiger partial charge on any atom is -0.291 e. The van der Waals surface area contributed by atoms with E-state index in [9.17, 15) is 13.2 Å². The summed E-state index contributed by atoms with van der Waals surface area (Å²) in [6, 6.07) is 5.53. The second kappa shape index (κ2) is 3.68. The highest BCUT2D eigenvalue weighted by Gasteiger charge is 2.08. The predicted molar refractivity (Wildman–Crippen MR) is 45.7 cm³/mol. The van der Waals surface area contributed by atoms with E-state index in [-0.39, 0.29) is 11.3 Å². The molecule has 0 atom stereocenters. The highest BCUT2D eigenvalue weighted by atomic mass is 32.2. The molecule has 0 unspecified atom stereocenters. The Morgan fingerprint density at radius 2 is 2.08 bits per heavy atom. The van der Waals surface area contributed by atoms with Crippen molar-refractivity contribution in [3.63, 3.8) is 0 Å². The molecular weight excluding hydrogens is 192 g/mol. The maximum Gasteiger partial charge on any atom is 0.294 e. The second-order valence-electron chi connectivity index (χ2n) is 2.44. The van der Waals surface area contributed by atoms with E-state index in [1.165, 1.54) is 18.2 Å². The highest BCUT2D eigenvalue weighted by Crippen LogP contribution is 2.10. The number of benzene rings is 1. The monoisotopic (exact) mass is 199 g/mol. The van der Waals surface area contributed by atoms with Crippen LogP contribution in [0.1, 0.15) is 5.56 Å². The molecule has 1 rings (SSSR count). The summed E-state index contributed by atoms with van der Waals surface area (Å²) in [6.07, 6.45) is 1.65. The Morgan fingerprint density at radius 1 is 1.38 bits per heavy atom. The molecule has 4 nitrogen and oxygen atoms in total. The summed E-state index contributed by atoms with van der Waals surface area (Å²) in [5.74, 6) is 0. The highest BCUT2D eigenvalue weighted by molar-refractivity contribution is 7.85. The lowest BCUT2D eigenvalue weighted by Crippen LogP contribution is -1.98. The van der Waals surface area contributed by atoms with Crippen LogP contribution in [0.2, 0.25) is 0 Å². The Balaban J connectivity index is 3.13. The van der Waals surface area contributed by atoms with Gasteiger partial charge in [-0.3, -0.25) is 9.35 Å². The SMILES string of the molecule is O=[C]Cc1cccc(S(=O)(=O)O)c1. The van der Waals surface area contributed by atoms with Gasteiger partial charge < -0.3 is 0 Å². The van der Waals surface area contributed by atoms with E-state index in [1.807, 2.05) is 0 Å². The van der Waals surface area contributed by atoms with E-state index in [0.717, 1.165) is 0 Å². The Kier molecular flexibility index (Phi) is 2.79. The normalized spacial score (nSPS) is 11.2. The molecule has 0 aliphatic rings. The van der Waals surface area contributed by atoms with Crippen molar-refractivity contribution in [1.82, 2.24) is 0 Å². The lowest BCUT2D eigenvalue weighted by atomic mass is 10.2. The number of rotatable bonds is 3. The van der Waals surface area contributed by atoms with Crippen LogP contribution in [0.25, 0.3) is 0 Å². The smallest absolute Gasteiger partial charge is 0.291 e. The first-order chi connectivity index (χ1) is 6.04. The standard InChI is InChI=1S/C8H7O4S/c9-5-4-7-2-1-3-8(6-7)13(10,11)12/h1-3,6H,4H2,(H,10,11,12). The molecule has 0 bridgehead atoms. The third-order valence-electron chi connectivity index (χ3n) is 1.47. The Morgan fingerprint density at radius 3 is 2.62 bits per heavy atom. The van der Waals surface area contributed by atoms with Crippen molar-refractivity contribution in [2.45, 2.75) is 11.3 Å². The molecule has 1 aromatic rings. The summed E-state index contributed by atoms with van der Waals surface area (Å²) in [7, 11) is -4.17. The fourth-order valence-electron chi connectivity index (χ4n) is 0.899. The molecular formula is C8H7O4S. The predicted octanol–water partition coefficient (Wildman–Crippen LogP) is 0.585. The van der Waals surface area contributed by atoms with Gasteiger partial charge in [0.15, 0.2) is 0 Å². The van der Waals surface area contributed by atoms with Crippen molar-refractivity contribution in [2.24, 2.45) is 0 Å². The molecule has 0 heterocycles. The van der Waals surface area contributed by atoms with Crippen LogP contribution < -0.4 is 0 Å². The van der Waals surface area contributed by atoms with Crippen molar-refractivity contribution in [2.75, 3.05) is 0 Å². The van der Waals surface area contributed by atoms with Crippen molar-refractivity contribution in [3.05, 3.63) is 29.8 Å². The lowest BCUT2D eigenvalue weighted by Gasteiger charge is -1.98. The van der Waals surface area contributed by atoms with Crippen molar-refractivity contribution in [3.8, 4) is 0 Å². The molecule has 0 amide bonds. The van der Waals surface area contributed by atoms with Crippen LogP contribution in [-0.2, 0) is 21.3 Å². The van der Waals surface area contributed by atoms with E-state index < -0.39 is 10.1 Å². The Bertz CT molecular complexity index is 408. The molecule has 0 fully saturated rings. The van der Waals surface area contributed by atoms with Gasteiger partial charge in [-0.15, -0.1) is 0 Å². The summed E-state index contributed by atoms with van der Waals surface area (Å²) in [4.78, 5) is 9.79.